The molecule has 4 N–H and O–H groups in total. The van der Waals surface area contributed by atoms with Crippen molar-refractivity contribution in [3.63, 3.8) is 0 Å². The van der Waals surface area contributed by atoms with Crippen LogP contribution >= 0.6 is 0 Å². The molecule has 0 bridgehead atoms. The molecule has 0 saturated carbocycles. The normalized spacial score (nSPS) is 27.3. The lowest BCUT2D eigenvalue weighted by Gasteiger charge is -2.17. The Morgan fingerprint density at radius 2 is 2.04 bits per heavy atom. The van der Waals surface area contributed by atoms with Crippen LogP contribution in [0.15, 0.2) is 41.3 Å². The minimum Gasteiger partial charge on any atom is -0.394 e. The van der Waals surface area contributed by atoms with Crippen molar-refractivity contribution in [2.75, 3.05) is 12.3 Å². The van der Waals surface area contributed by atoms with Crippen LogP contribution < -0.4 is 11.4 Å². The summed E-state index contributed by atoms with van der Waals surface area (Å²) in [6, 6.07) is 8.95. The maximum atomic E-state index is 14.2. The first kappa shape index (κ1) is 15.6. The molecule has 0 radical (unpaired) electrons. The predicted molar refractivity (Wildman–Crippen MR) is 80.2 cm³/mol. The largest absolute Gasteiger partial charge is 0.394 e. The van der Waals surface area contributed by atoms with E-state index in [2.05, 4.69) is 4.98 Å². The number of benzene rings is 1. The summed E-state index contributed by atoms with van der Waals surface area (Å²) in [4.78, 5) is 15.7. The highest BCUT2D eigenvalue weighted by Gasteiger charge is 2.45. The third-order valence-corrected chi connectivity index (χ3v) is 3.81. The van der Waals surface area contributed by atoms with E-state index in [4.69, 9.17) is 15.6 Å². The van der Waals surface area contributed by atoms with Crippen LogP contribution in [0.25, 0.3) is 11.1 Å². The first-order valence-electron chi connectivity index (χ1n) is 7.05. The molecule has 122 valence electrons. The summed E-state index contributed by atoms with van der Waals surface area (Å²) >= 11 is 0. The van der Waals surface area contributed by atoms with Gasteiger partial charge in [-0.2, -0.15) is 4.98 Å². The van der Waals surface area contributed by atoms with Crippen LogP contribution in [-0.4, -0.2) is 44.8 Å². The van der Waals surface area contributed by atoms with E-state index in [9.17, 15) is 14.3 Å². The van der Waals surface area contributed by atoms with Crippen LogP contribution in [0.1, 0.15) is 6.23 Å². The van der Waals surface area contributed by atoms with Crippen molar-refractivity contribution >= 4 is 5.82 Å². The second-order valence-electron chi connectivity index (χ2n) is 5.28. The fraction of sp³-hybridized carbons (Fsp3) is 0.333. The van der Waals surface area contributed by atoms with Gasteiger partial charge in [0.25, 0.3) is 0 Å². The molecule has 2 aromatic rings. The van der Waals surface area contributed by atoms with Gasteiger partial charge in [-0.25, -0.2) is 9.18 Å². The molecule has 1 fully saturated rings. The van der Waals surface area contributed by atoms with Crippen LogP contribution in [0.4, 0.5) is 10.2 Å². The Balaban J connectivity index is 2.06. The van der Waals surface area contributed by atoms with Gasteiger partial charge in [0.1, 0.15) is 18.0 Å². The average molecular weight is 321 g/mol. The van der Waals surface area contributed by atoms with Crippen molar-refractivity contribution in [3.05, 3.63) is 47.0 Å². The number of nitrogen functional groups attached to an aromatic ring is 1. The lowest BCUT2D eigenvalue weighted by molar-refractivity contribution is -0.0490. The number of halogens is 1. The Hall–Kier alpha value is -2.29. The number of aromatic nitrogens is 2. The van der Waals surface area contributed by atoms with Crippen LogP contribution in [-0.2, 0) is 4.74 Å². The minimum atomic E-state index is -1.86. The number of rotatable bonds is 3. The maximum absolute atomic E-state index is 14.2. The van der Waals surface area contributed by atoms with E-state index >= 15 is 0 Å². The molecular formula is C15H16FN3O4. The predicted octanol–water partition coefficient (Wildman–Crippen LogP) is 0.0812. The number of alkyl halides is 1. The molecule has 3 rings (SSSR count). The zero-order valence-electron chi connectivity index (χ0n) is 12.0. The van der Waals surface area contributed by atoms with Gasteiger partial charge in [0.15, 0.2) is 12.4 Å². The van der Waals surface area contributed by atoms with Crippen molar-refractivity contribution in [2.24, 2.45) is 0 Å². The van der Waals surface area contributed by atoms with E-state index < -0.39 is 36.9 Å². The smallest absolute Gasteiger partial charge is 0.351 e. The van der Waals surface area contributed by atoms with Gasteiger partial charge < -0.3 is 20.7 Å². The average Bonchev–Trinajstić information content (AvgIpc) is 2.84. The molecule has 1 aliphatic rings. The van der Waals surface area contributed by atoms with E-state index in [0.29, 0.717) is 11.1 Å². The van der Waals surface area contributed by atoms with E-state index in [-0.39, 0.29) is 5.82 Å². The maximum Gasteiger partial charge on any atom is 0.351 e. The molecule has 8 heteroatoms. The van der Waals surface area contributed by atoms with Crippen LogP contribution in [0.2, 0.25) is 0 Å². The Bertz CT molecular complexity index is 752. The zero-order valence-corrected chi connectivity index (χ0v) is 12.0. The first-order valence-corrected chi connectivity index (χ1v) is 7.05. The van der Waals surface area contributed by atoms with Gasteiger partial charge in [-0.15, -0.1) is 0 Å². The number of aliphatic hydroxyl groups excluding tert-OH is 2. The number of aliphatic hydroxyl groups is 2. The highest BCUT2D eigenvalue weighted by atomic mass is 19.1. The molecule has 1 aliphatic heterocycles. The summed E-state index contributed by atoms with van der Waals surface area (Å²) in [6.07, 6.45) is -4.50. The van der Waals surface area contributed by atoms with Crippen molar-refractivity contribution in [1.29, 1.82) is 0 Å². The Morgan fingerprint density at radius 1 is 1.35 bits per heavy atom. The van der Waals surface area contributed by atoms with Crippen LogP contribution in [0.5, 0.6) is 0 Å². The van der Waals surface area contributed by atoms with Gasteiger partial charge in [0.05, 0.1) is 6.61 Å². The van der Waals surface area contributed by atoms with Crippen LogP contribution in [0.3, 0.4) is 0 Å². The molecule has 7 nitrogen and oxygen atoms in total. The monoisotopic (exact) mass is 321 g/mol. The number of anilines is 1. The standard InChI is InChI=1S/C15H16FN3O4/c16-11-12(21)10(7-20)23-14(11)19-6-9(13(17)18-15(19)22)8-4-2-1-3-5-8/h1-6,10-12,14,20-21H,7H2,(H2,17,18,22)/t10-,11+,12-,14-/m1/s1. The summed E-state index contributed by atoms with van der Waals surface area (Å²) in [6.45, 7) is -0.555. The Morgan fingerprint density at radius 3 is 2.65 bits per heavy atom. The third-order valence-electron chi connectivity index (χ3n) is 3.81. The van der Waals surface area contributed by atoms with Gasteiger partial charge in [-0.1, -0.05) is 30.3 Å². The van der Waals surface area contributed by atoms with Crippen molar-refractivity contribution in [3.8, 4) is 11.1 Å². The topological polar surface area (TPSA) is 111 Å². The van der Waals surface area contributed by atoms with E-state index in [1.165, 1.54) is 6.20 Å². The van der Waals surface area contributed by atoms with Crippen LogP contribution in [0, 0.1) is 0 Å². The minimum absolute atomic E-state index is 0.0186. The Labute approximate surface area is 130 Å². The van der Waals surface area contributed by atoms with Gasteiger partial charge >= 0.3 is 5.69 Å². The van der Waals surface area contributed by atoms with E-state index in [1.54, 1.807) is 24.3 Å². The summed E-state index contributed by atoms with van der Waals surface area (Å²) in [7, 11) is 0. The van der Waals surface area contributed by atoms with Gasteiger partial charge in [0, 0.05) is 11.8 Å². The second kappa shape index (κ2) is 6.07. The molecule has 1 aromatic heterocycles. The van der Waals surface area contributed by atoms with Crippen molar-refractivity contribution in [1.82, 2.24) is 9.55 Å². The summed E-state index contributed by atoms with van der Waals surface area (Å²) in [5, 5.41) is 18.8. The van der Waals surface area contributed by atoms with Gasteiger partial charge in [-0.05, 0) is 5.56 Å². The molecule has 4 atom stereocenters. The SMILES string of the molecule is Nc1nc(=O)n([C@@H]2O[C@H](CO)[C@@H](O)[C@@H]2F)cc1-c1ccccc1. The molecule has 1 saturated heterocycles. The molecule has 0 amide bonds. The number of hydrogen-bond donors (Lipinski definition) is 3. The number of nitrogens with zero attached hydrogens (tertiary/aromatic N) is 2. The van der Waals surface area contributed by atoms with E-state index in [1.807, 2.05) is 6.07 Å². The van der Waals surface area contributed by atoms with E-state index in [0.717, 1.165) is 4.57 Å². The molecule has 23 heavy (non-hydrogen) atoms. The molecular weight excluding hydrogens is 305 g/mol. The molecule has 0 aliphatic carbocycles. The number of nitrogens with two attached hydrogens (primary N) is 1. The van der Waals surface area contributed by atoms with Gasteiger partial charge in [0.2, 0.25) is 0 Å². The molecule has 1 aromatic carbocycles. The molecule has 0 spiro atoms. The number of ether oxygens (including phenoxy) is 1. The Kier molecular flexibility index (Phi) is 4.12. The summed E-state index contributed by atoms with van der Waals surface area (Å²) in [5.74, 6) is 0.0186. The third kappa shape index (κ3) is 2.72. The fourth-order valence-corrected chi connectivity index (χ4v) is 2.58. The zero-order chi connectivity index (χ0) is 16.6. The molecule has 0 unspecified atom stereocenters. The lowest BCUT2D eigenvalue weighted by Crippen LogP contribution is -2.33. The second-order valence-corrected chi connectivity index (χ2v) is 5.28. The molecule has 2 heterocycles. The van der Waals surface area contributed by atoms with Gasteiger partial charge in [-0.3, -0.25) is 4.57 Å². The van der Waals surface area contributed by atoms with Crippen molar-refractivity contribution < 1.29 is 19.3 Å². The summed E-state index contributed by atoms with van der Waals surface area (Å²) in [5.41, 5.74) is 6.15. The fourth-order valence-electron chi connectivity index (χ4n) is 2.58. The first-order chi connectivity index (χ1) is 11.0. The quantitative estimate of drug-likeness (QED) is 0.738. The highest BCUT2D eigenvalue weighted by Crippen LogP contribution is 2.32. The number of hydrogen-bond acceptors (Lipinski definition) is 6. The summed E-state index contributed by atoms with van der Waals surface area (Å²) < 4.78 is 20.4. The highest BCUT2D eigenvalue weighted by molar-refractivity contribution is 5.72. The lowest BCUT2D eigenvalue weighted by atomic mass is 10.1. The van der Waals surface area contributed by atoms with Crippen molar-refractivity contribution in [2.45, 2.75) is 24.6 Å².